The summed E-state index contributed by atoms with van der Waals surface area (Å²) < 4.78 is 14.0. The van der Waals surface area contributed by atoms with Gasteiger partial charge in [0.1, 0.15) is 5.82 Å². The molecule has 0 radical (unpaired) electrons. The van der Waals surface area contributed by atoms with E-state index in [4.69, 9.17) is 16.7 Å². The first-order chi connectivity index (χ1) is 12.4. The number of hydrogen-bond acceptors (Lipinski definition) is 3. The molecule has 1 saturated carbocycles. The van der Waals surface area contributed by atoms with Crippen molar-refractivity contribution in [1.29, 1.82) is 0 Å². The number of aliphatic carboxylic acids is 1. The van der Waals surface area contributed by atoms with Crippen LogP contribution in [0.2, 0.25) is 5.02 Å². The van der Waals surface area contributed by atoms with Crippen LogP contribution in [-0.4, -0.2) is 59.0 Å². The molecule has 1 saturated heterocycles. The van der Waals surface area contributed by atoms with E-state index in [1.54, 1.807) is 12.1 Å². The maximum absolute atomic E-state index is 14.0. The molecule has 26 heavy (non-hydrogen) atoms. The predicted octanol–water partition coefficient (Wildman–Crippen LogP) is 2.98. The summed E-state index contributed by atoms with van der Waals surface area (Å²) >= 11 is 6.11. The average Bonchev–Trinajstić information content (AvgIpc) is 3.39. The zero-order valence-electron chi connectivity index (χ0n) is 14.8. The Balaban J connectivity index is 1.56. The summed E-state index contributed by atoms with van der Waals surface area (Å²) in [6.45, 7) is 3.90. The molecule has 142 valence electrons. The third-order valence-corrected chi connectivity index (χ3v) is 5.84. The lowest BCUT2D eigenvalue weighted by Gasteiger charge is -2.37. The molecular formula is C19H24ClFN2O3. The highest BCUT2D eigenvalue weighted by atomic mass is 35.5. The van der Waals surface area contributed by atoms with E-state index < -0.39 is 5.97 Å². The van der Waals surface area contributed by atoms with Crippen molar-refractivity contribution in [2.75, 3.05) is 26.2 Å². The molecule has 1 aromatic rings. The molecule has 1 heterocycles. The number of amides is 1. The van der Waals surface area contributed by atoms with Gasteiger partial charge in [-0.2, -0.15) is 0 Å². The van der Waals surface area contributed by atoms with E-state index >= 15 is 0 Å². The fraction of sp³-hybridized carbons (Fsp3) is 0.579. The van der Waals surface area contributed by atoms with Gasteiger partial charge in [0, 0.05) is 41.6 Å². The van der Waals surface area contributed by atoms with E-state index in [1.165, 1.54) is 6.07 Å². The summed E-state index contributed by atoms with van der Waals surface area (Å²) in [7, 11) is 0. The van der Waals surface area contributed by atoms with Crippen molar-refractivity contribution in [3.8, 4) is 0 Å². The van der Waals surface area contributed by atoms with Crippen LogP contribution in [0.5, 0.6) is 0 Å². The molecule has 7 heteroatoms. The summed E-state index contributed by atoms with van der Waals surface area (Å²) in [5.41, 5.74) is 0.459. The molecule has 1 aliphatic heterocycles. The first-order valence-corrected chi connectivity index (χ1v) is 9.48. The average molecular weight is 383 g/mol. The summed E-state index contributed by atoms with van der Waals surface area (Å²) in [6.07, 6.45) is 2.18. The number of rotatable bonds is 6. The molecule has 1 N–H and O–H groups in total. The number of nitrogens with zero attached hydrogens (tertiary/aromatic N) is 2. The molecule has 2 unspecified atom stereocenters. The van der Waals surface area contributed by atoms with Crippen LogP contribution >= 0.6 is 11.6 Å². The minimum Gasteiger partial charge on any atom is -0.480 e. The number of hydrogen-bond donors (Lipinski definition) is 1. The highest BCUT2D eigenvalue weighted by molar-refractivity contribution is 6.31. The largest absolute Gasteiger partial charge is 0.480 e. The number of carbonyl (C=O) groups is 2. The Hall–Kier alpha value is -1.66. The molecule has 0 aromatic heterocycles. The third kappa shape index (κ3) is 4.01. The fourth-order valence-corrected chi connectivity index (χ4v) is 4.31. The summed E-state index contributed by atoms with van der Waals surface area (Å²) in [4.78, 5) is 27.5. The normalized spacial score (nSPS) is 23.3. The van der Waals surface area contributed by atoms with Crippen molar-refractivity contribution in [2.45, 2.75) is 38.1 Å². The number of likely N-dealkylation sites (N-methyl/N-ethyl adjacent to an activating group) is 1. The second-order valence-corrected chi connectivity index (χ2v) is 7.50. The Kier molecular flexibility index (Phi) is 5.82. The molecule has 3 rings (SSSR count). The quantitative estimate of drug-likeness (QED) is 0.821. The number of carbonyl (C=O) groups excluding carboxylic acids is 1. The van der Waals surface area contributed by atoms with Gasteiger partial charge < -0.3 is 10.0 Å². The van der Waals surface area contributed by atoms with Gasteiger partial charge in [-0.1, -0.05) is 24.6 Å². The molecular weight excluding hydrogens is 359 g/mol. The molecule has 1 amide bonds. The third-order valence-electron chi connectivity index (χ3n) is 5.52. The molecule has 1 aromatic carbocycles. The lowest BCUT2D eigenvalue weighted by molar-refractivity contribution is -0.140. The maximum atomic E-state index is 14.0. The summed E-state index contributed by atoms with van der Waals surface area (Å²) in [5, 5.41) is 9.39. The molecule has 2 aliphatic rings. The molecule has 2 fully saturated rings. The van der Waals surface area contributed by atoms with E-state index in [0.717, 1.165) is 12.8 Å². The molecule has 5 nitrogen and oxygen atoms in total. The van der Waals surface area contributed by atoms with Gasteiger partial charge in [-0.15, -0.1) is 0 Å². The van der Waals surface area contributed by atoms with E-state index in [1.807, 2.05) is 16.7 Å². The number of carboxylic acid groups (broad SMARTS) is 1. The van der Waals surface area contributed by atoms with E-state index in [0.29, 0.717) is 36.6 Å². The Morgan fingerprint density at radius 2 is 2.04 bits per heavy atom. The maximum Gasteiger partial charge on any atom is 0.317 e. The number of piperidine rings is 1. The standard InChI is InChI=1S/C19H24ClFN2O3/c1-2-22(11-17(24)25)12-6-8-23(9-7-12)19(26)14-10-13(14)18-15(20)4-3-5-16(18)21/h3-5,12-14H,2,6-11H2,1H3,(H,24,25). The van der Waals surface area contributed by atoms with Crippen LogP contribution in [0.3, 0.4) is 0 Å². The monoisotopic (exact) mass is 382 g/mol. The van der Waals surface area contributed by atoms with Crippen LogP contribution in [-0.2, 0) is 9.59 Å². The zero-order valence-corrected chi connectivity index (χ0v) is 15.6. The first-order valence-electron chi connectivity index (χ1n) is 9.10. The number of likely N-dealkylation sites (tertiary alicyclic amines) is 1. The van der Waals surface area contributed by atoms with Crippen LogP contribution < -0.4 is 0 Å². The molecule has 0 bridgehead atoms. The van der Waals surface area contributed by atoms with E-state index in [2.05, 4.69) is 0 Å². The lowest BCUT2D eigenvalue weighted by atomic mass is 10.0. The van der Waals surface area contributed by atoms with Crippen molar-refractivity contribution in [2.24, 2.45) is 5.92 Å². The van der Waals surface area contributed by atoms with Crippen molar-refractivity contribution in [3.05, 3.63) is 34.6 Å². The fourth-order valence-electron chi connectivity index (χ4n) is 4.01. The van der Waals surface area contributed by atoms with Crippen molar-refractivity contribution in [1.82, 2.24) is 9.80 Å². The van der Waals surface area contributed by atoms with Gasteiger partial charge in [0.05, 0.1) is 6.54 Å². The molecule has 2 atom stereocenters. The summed E-state index contributed by atoms with van der Waals surface area (Å²) in [6, 6.07) is 4.81. The van der Waals surface area contributed by atoms with Crippen LogP contribution in [0.4, 0.5) is 4.39 Å². The van der Waals surface area contributed by atoms with E-state index in [9.17, 15) is 14.0 Å². The highest BCUT2D eigenvalue weighted by Crippen LogP contribution is 2.51. The van der Waals surface area contributed by atoms with Crippen LogP contribution in [0.15, 0.2) is 18.2 Å². The van der Waals surface area contributed by atoms with Gasteiger partial charge in [-0.3, -0.25) is 14.5 Å². The molecule has 1 aliphatic carbocycles. The number of benzene rings is 1. The topological polar surface area (TPSA) is 60.9 Å². The second-order valence-electron chi connectivity index (χ2n) is 7.10. The predicted molar refractivity (Wildman–Crippen MR) is 96.7 cm³/mol. The lowest BCUT2D eigenvalue weighted by Crippen LogP contribution is -2.48. The summed E-state index contributed by atoms with van der Waals surface area (Å²) in [5.74, 6) is -1.43. The Bertz CT molecular complexity index is 671. The van der Waals surface area contributed by atoms with Gasteiger partial charge >= 0.3 is 5.97 Å². The minimum absolute atomic E-state index is 0.0333. The van der Waals surface area contributed by atoms with Crippen molar-refractivity contribution < 1.29 is 19.1 Å². The smallest absolute Gasteiger partial charge is 0.317 e. The van der Waals surface area contributed by atoms with Crippen molar-refractivity contribution >= 4 is 23.5 Å². The zero-order chi connectivity index (χ0) is 18.8. The Labute approximate surface area is 157 Å². The van der Waals surface area contributed by atoms with E-state index in [-0.39, 0.29) is 36.1 Å². The Morgan fingerprint density at radius 1 is 1.35 bits per heavy atom. The van der Waals surface area contributed by atoms with Gasteiger partial charge in [0.2, 0.25) is 5.91 Å². The SMILES string of the molecule is CCN(CC(=O)O)C1CCN(C(=O)C2CC2c2c(F)cccc2Cl)CC1. The van der Waals surface area contributed by atoms with Crippen molar-refractivity contribution in [3.63, 3.8) is 0 Å². The van der Waals surface area contributed by atoms with Crippen LogP contribution in [0.25, 0.3) is 0 Å². The minimum atomic E-state index is -0.826. The van der Waals surface area contributed by atoms with Crippen LogP contribution in [0.1, 0.15) is 37.7 Å². The number of carboxylic acids is 1. The number of halogens is 2. The van der Waals surface area contributed by atoms with Gasteiger partial charge in [0.25, 0.3) is 0 Å². The first kappa shape index (κ1) is 19.1. The van der Waals surface area contributed by atoms with Gasteiger partial charge in [-0.25, -0.2) is 4.39 Å². The Morgan fingerprint density at radius 3 is 2.62 bits per heavy atom. The van der Waals surface area contributed by atoms with Crippen LogP contribution in [0, 0.1) is 11.7 Å². The second kappa shape index (κ2) is 7.92. The molecule has 0 spiro atoms. The highest BCUT2D eigenvalue weighted by Gasteiger charge is 2.48. The van der Waals surface area contributed by atoms with Gasteiger partial charge in [0.15, 0.2) is 0 Å². The van der Waals surface area contributed by atoms with Gasteiger partial charge in [-0.05, 0) is 37.9 Å².